The Balaban J connectivity index is 2.72. The van der Waals surface area contributed by atoms with E-state index in [1.165, 1.54) is 11.0 Å². The second kappa shape index (κ2) is 6.73. The van der Waals surface area contributed by atoms with E-state index in [1.807, 2.05) is 14.1 Å². The highest BCUT2D eigenvalue weighted by Crippen LogP contribution is 2.28. The van der Waals surface area contributed by atoms with Gasteiger partial charge in [-0.15, -0.1) is 0 Å². The van der Waals surface area contributed by atoms with Gasteiger partial charge in [0, 0.05) is 13.0 Å². The van der Waals surface area contributed by atoms with Crippen molar-refractivity contribution < 1.29 is 13.3 Å². The van der Waals surface area contributed by atoms with Gasteiger partial charge in [-0.3, -0.25) is 0 Å². The summed E-state index contributed by atoms with van der Waals surface area (Å²) in [4.78, 5) is 1.30. The Kier molecular flexibility index (Phi) is 5.88. The summed E-state index contributed by atoms with van der Waals surface area (Å²) in [6.07, 6.45) is 0.764. The summed E-state index contributed by atoms with van der Waals surface area (Å²) in [5.74, 6) is 0. The zero-order chi connectivity index (χ0) is 13.8. The third kappa shape index (κ3) is 4.40. The number of sulfonamides is 1. The largest absolute Gasteiger partial charge is 0.340 e. The quantitative estimate of drug-likeness (QED) is 0.764. The molecule has 0 amide bonds. The lowest BCUT2D eigenvalue weighted by atomic mass is 10.4. The van der Waals surface area contributed by atoms with Gasteiger partial charge in [0.05, 0.1) is 30.7 Å². The maximum atomic E-state index is 12.0. The van der Waals surface area contributed by atoms with Crippen LogP contribution in [0, 0.1) is 0 Å². The van der Waals surface area contributed by atoms with Crippen LogP contribution in [0.2, 0.25) is 10.0 Å². The summed E-state index contributed by atoms with van der Waals surface area (Å²) in [6, 6.07) is 4.55. The fourth-order valence-corrected chi connectivity index (χ4v) is 3.25. The van der Waals surface area contributed by atoms with Crippen molar-refractivity contribution >= 4 is 33.2 Å². The van der Waals surface area contributed by atoms with Crippen LogP contribution in [-0.2, 0) is 10.0 Å². The van der Waals surface area contributed by atoms with Crippen LogP contribution in [0.5, 0.6) is 0 Å². The van der Waals surface area contributed by atoms with E-state index in [0.29, 0.717) is 6.54 Å². The van der Waals surface area contributed by atoms with Crippen LogP contribution in [0.15, 0.2) is 23.1 Å². The molecular weight excluding hydrogens is 295 g/mol. The maximum absolute atomic E-state index is 12.0. The van der Waals surface area contributed by atoms with Crippen LogP contribution in [0.4, 0.5) is 0 Å². The highest BCUT2D eigenvalue weighted by molar-refractivity contribution is 7.89. The SMILES string of the molecule is C[NH+](C)CCCNS(=O)(=O)c1cccc(Cl)c1Cl. The van der Waals surface area contributed by atoms with Gasteiger partial charge in [0.25, 0.3) is 0 Å². The molecule has 2 N–H and O–H groups in total. The Morgan fingerprint density at radius 3 is 2.56 bits per heavy atom. The standard InChI is InChI=1S/C11H16Cl2N2O2S/c1-15(2)8-4-7-14-18(16,17)10-6-3-5-9(12)11(10)13/h3,5-6,14H,4,7-8H2,1-2H3/p+1. The molecule has 0 saturated heterocycles. The molecule has 0 fully saturated rings. The minimum absolute atomic E-state index is 0.0221. The lowest BCUT2D eigenvalue weighted by molar-refractivity contribution is -0.858. The third-order valence-corrected chi connectivity index (χ3v) is 4.79. The molecule has 1 aromatic carbocycles. The van der Waals surface area contributed by atoms with Crippen molar-refractivity contribution in [2.75, 3.05) is 27.2 Å². The molecule has 0 atom stereocenters. The number of quaternary nitrogens is 1. The van der Waals surface area contributed by atoms with Crippen molar-refractivity contribution in [3.63, 3.8) is 0 Å². The summed E-state index contributed by atoms with van der Waals surface area (Å²) < 4.78 is 26.5. The molecule has 1 rings (SSSR count). The van der Waals surface area contributed by atoms with Crippen LogP contribution < -0.4 is 9.62 Å². The Labute approximate surface area is 118 Å². The molecule has 1 aromatic rings. The number of rotatable bonds is 6. The molecule has 0 aromatic heterocycles. The molecule has 0 bridgehead atoms. The Bertz CT molecular complexity index is 504. The Hall–Kier alpha value is -0.330. The van der Waals surface area contributed by atoms with Crippen molar-refractivity contribution in [3.05, 3.63) is 28.2 Å². The number of hydrogen-bond donors (Lipinski definition) is 2. The molecule has 7 heteroatoms. The van der Waals surface area contributed by atoms with E-state index in [4.69, 9.17) is 23.2 Å². The second-order valence-corrected chi connectivity index (χ2v) is 6.78. The normalized spacial score (nSPS) is 12.1. The second-order valence-electron chi connectivity index (χ2n) is 4.26. The molecule has 0 radical (unpaired) electrons. The summed E-state index contributed by atoms with van der Waals surface area (Å²) >= 11 is 11.7. The topological polar surface area (TPSA) is 50.6 Å². The third-order valence-electron chi connectivity index (χ3n) is 2.35. The molecule has 102 valence electrons. The fraction of sp³-hybridized carbons (Fsp3) is 0.455. The van der Waals surface area contributed by atoms with Crippen LogP contribution in [-0.4, -0.2) is 35.6 Å². The molecule has 0 aliphatic heterocycles. The summed E-state index contributed by atoms with van der Waals surface area (Å²) in [6.45, 7) is 1.28. The lowest BCUT2D eigenvalue weighted by Crippen LogP contribution is -3.05. The molecular formula is C11H17Cl2N2O2S+. The van der Waals surface area contributed by atoms with Crippen LogP contribution in [0.3, 0.4) is 0 Å². The van der Waals surface area contributed by atoms with Crippen molar-refractivity contribution in [1.82, 2.24) is 4.72 Å². The van der Waals surface area contributed by atoms with E-state index in [9.17, 15) is 8.42 Å². The highest BCUT2D eigenvalue weighted by Gasteiger charge is 2.18. The Morgan fingerprint density at radius 1 is 1.28 bits per heavy atom. The first-order valence-corrected chi connectivity index (χ1v) is 7.81. The van der Waals surface area contributed by atoms with Crippen molar-refractivity contribution in [1.29, 1.82) is 0 Å². The highest BCUT2D eigenvalue weighted by atomic mass is 35.5. The Morgan fingerprint density at radius 2 is 1.94 bits per heavy atom. The van der Waals surface area contributed by atoms with Gasteiger partial charge in [0.1, 0.15) is 4.90 Å². The lowest BCUT2D eigenvalue weighted by Gasteiger charge is -2.10. The van der Waals surface area contributed by atoms with Gasteiger partial charge in [0.15, 0.2) is 0 Å². The first kappa shape index (κ1) is 15.7. The molecule has 18 heavy (non-hydrogen) atoms. The predicted octanol–water partition coefficient (Wildman–Crippen LogP) is 0.806. The molecule has 0 heterocycles. The van der Waals surface area contributed by atoms with Crippen LogP contribution in [0.1, 0.15) is 6.42 Å². The van der Waals surface area contributed by atoms with Crippen molar-refractivity contribution in [2.24, 2.45) is 0 Å². The van der Waals surface area contributed by atoms with Crippen LogP contribution in [0.25, 0.3) is 0 Å². The van der Waals surface area contributed by atoms with E-state index in [0.717, 1.165) is 13.0 Å². The average molecular weight is 312 g/mol. The molecule has 0 saturated carbocycles. The minimum atomic E-state index is -3.59. The van der Waals surface area contributed by atoms with Gasteiger partial charge >= 0.3 is 0 Å². The first-order valence-electron chi connectivity index (χ1n) is 5.57. The van der Waals surface area contributed by atoms with E-state index >= 15 is 0 Å². The van der Waals surface area contributed by atoms with E-state index < -0.39 is 10.0 Å². The van der Waals surface area contributed by atoms with Crippen molar-refractivity contribution in [2.45, 2.75) is 11.3 Å². The molecule has 0 aliphatic carbocycles. The summed E-state index contributed by atoms with van der Waals surface area (Å²) in [7, 11) is 0.445. The molecule has 4 nitrogen and oxygen atoms in total. The van der Waals surface area contributed by atoms with Gasteiger partial charge < -0.3 is 4.90 Å². The van der Waals surface area contributed by atoms with E-state index in [1.54, 1.807) is 12.1 Å². The minimum Gasteiger partial charge on any atom is -0.340 e. The van der Waals surface area contributed by atoms with E-state index in [-0.39, 0.29) is 14.9 Å². The zero-order valence-corrected chi connectivity index (χ0v) is 12.7. The number of benzene rings is 1. The zero-order valence-electron chi connectivity index (χ0n) is 10.3. The number of hydrogen-bond acceptors (Lipinski definition) is 2. The molecule has 0 spiro atoms. The maximum Gasteiger partial charge on any atom is 0.242 e. The monoisotopic (exact) mass is 311 g/mol. The van der Waals surface area contributed by atoms with Gasteiger partial charge in [-0.25, -0.2) is 13.1 Å². The van der Waals surface area contributed by atoms with Gasteiger partial charge in [-0.2, -0.15) is 0 Å². The number of halogens is 2. The predicted molar refractivity (Wildman–Crippen MR) is 73.9 cm³/mol. The summed E-state index contributed by atoms with van der Waals surface area (Å²) in [5.41, 5.74) is 0. The fourth-order valence-electron chi connectivity index (χ4n) is 1.42. The van der Waals surface area contributed by atoms with Gasteiger partial charge in [-0.1, -0.05) is 29.3 Å². The van der Waals surface area contributed by atoms with E-state index in [2.05, 4.69) is 4.72 Å². The molecule has 0 aliphatic rings. The average Bonchev–Trinajstić information content (AvgIpc) is 2.28. The number of nitrogens with one attached hydrogen (secondary N) is 2. The first-order chi connectivity index (χ1) is 8.34. The smallest absolute Gasteiger partial charge is 0.242 e. The van der Waals surface area contributed by atoms with Crippen LogP contribution >= 0.6 is 23.2 Å². The summed E-state index contributed by atoms with van der Waals surface area (Å²) in [5, 5.41) is 0.294. The molecule has 0 unspecified atom stereocenters. The van der Waals surface area contributed by atoms with Gasteiger partial charge in [0.2, 0.25) is 10.0 Å². The van der Waals surface area contributed by atoms with Gasteiger partial charge in [-0.05, 0) is 12.1 Å². The van der Waals surface area contributed by atoms with Crippen molar-refractivity contribution in [3.8, 4) is 0 Å².